The third-order valence-corrected chi connectivity index (χ3v) is 5.04. The van der Waals surface area contributed by atoms with Crippen molar-refractivity contribution in [1.82, 2.24) is 15.2 Å². The second kappa shape index (κ2) is 9.77. The van der Waals surface area contributed by atoms with Crippen LogP contribution in [0.2, 0.25) is 0 Å². The molecule has 1 aromatic heterocycles. The first-order valence-corrected chi connectivity index (χ1v) is 9.46. The number of amidine groups is 1. The molecule has 0 unspecified atom stereocenters. The number of nitrogens with one attached hydrogen (secondary N) is 2. The van der Waals surface area contributed by atoms with E-state index in [0.29, 0.717) is 29.9 Å². The number of halogens is 2. The number of ketones is 1. The Hall–Kier alpha value is -2.15. The van der Waals surface area contributed by atoms with Gasteiger partial charge in [0.15, 0.2) is 5.78 Å². The van der Waals surface area contributed by atoms with Gasteiger partial charge in [0.05, 0.1) is 6.54 Å². The van der Waals surface area contributed by atoms with Crippen molar-refractivity contribution in [3.8, 4) is 5.75 Å². The van der Waals surface area contributed by atoms with Gasteiger partial charge < -0.3 is 15.3 Å². The smallest absolute Gasteiger partial charge is 0.182 e. The molecule has 0 aliphatic carbocycles. The maximum absolute atomic E-state index is 13.1. The van der Waals surface area contributed by atoms with Crippen LogP contribution in [0.5, 0.6) is 5.75 Å². The van der Waals surface area contributed by atoms with Gasteiger partial charge in [0.1, 0.15) is 17.3 Å². The molecule has 164 valence electrons. The molecule has 0 saturated carbocycles. The Morgan fingerprint density at radius 2 is 1.93 bits per heavy atom. The number of phenolic OH excluding ortho intramolecular Hbond substituents is 1. The molecule has 0 fully saturated rings. The normalized spacial score (nSPS) is 12.8. The predicted octanol–water partition coefficient (Wildman–Crippen LogP) is 3.98. The zero-order valence-corrected chi connectivity index (χ0v) is 19.6. The number of hydrogen-bond donors (Lipinski definition) is 3. The summed E-state index contributed by atoms with van der Waals surface area (Å²) in [6.07, 6.45) is 0. The number of fused-ring (bicyclic) bond motifs is 1. The molecule has 1 aliphatic rings. The number of hydrogen-bond acceptors (Lipinski definition) is 5. The number of carbonyl (C=O) groups is 1. The van der Waals surface area contributed by atoms with Crippen molar-refractivity contribution < 1.29 is 9.90 Å². The first kappa shape index (κ1) is 25.9. The fourth-order valence-electron chi connectivity index (χ4n) is 3.50. The maximum Gasteiger partial charge on any atom is 0.182 e. The van der Waals surface area contributed by atoms with E-state index in [1.165, 1.54) is 0 Å². The molecule has 2 aromatic rings. The summed E-state index contributed by atoms with van der Waals surface area (Å²) < 4.78 is 0. The van der Waals surface area contributed by atoms with E-state index in [9.17, 15) is 9.90 Å². The standard InChI is InChI=1S/C22H28N4O2.2ClH/c1-13-6-7-14-11-26(21(23)19(14)25-13)12-18(27)15-8-16(10-24-5)20(28)17(9-15)22(2,3)4;;/h6-9,23-24,28H,10-12H2,1-5H3;2*1H. The van der Waals surface area contributed by atoms with Crippen molar-refractivity contribution in [3.63, 3.8) is 0 Å². The van der Waals surface area contributed by atoms with Gasteiger partial charge in [-0.25, -0.2) is 4.98 Å². The van der Waals surface area contributed by atoms with Crippen LogP contribution in [0.15, 0.2) is 24.3 Å². The molecular weight excluding hydrogens is 423 g/mol. The number of aromatic nitrogens is 1. The van der Waals surface area contributed by atoms with E-state index in [1.807, 2.05) is 46.9 Å². The molecule has 0 radical (unpaired) electrons. The van der Waals surface area contributed by atoms with Gasteiger partial charge in [0.2, 0.25) is 0 Å². The predicted molar refractivity (Wildman–Crippen MR) is 125 cm³/mol. The number of nitrogens with zero attached hydrogens (tertiary/aromatic N) is 2. The van der Waals surface area contributed by atoms with Crippen molar-refractivity contribution in [3.05, 3.63) is 57.9 Å². The lowest BCUT2D eigenvalue weighted by Gasteiger charge is -2.24. The highest BCUT2D eigenvalue weighted by Crippen LogP contribution is 2.35. The van der Waals surface area contributed by atoms with E-state index in [2.05, 4.69) is 10.3 Å². The number of Topliss-reactive ketones (excluding diaryl/α,β-unsaturated/α-hetero) is 1. The molecule has 1 aliphatic heterocycles. The maximum atomic E-state index is 13.1. The van der Waals surface area contributed by atoms with E-state index in [0.717, 1.165) is 16.8 Å². The Labute approximate surface area is 190 Å². The second-order valence-electron chi connectivity index (χ2n) is 8.40. The molecule has 30 heavy (non-hydrogen) atoms. The van der Waals surface area contributed by atoms with Crippen LogP contribution in [0.1, 0.15) is 59.2 Å². The Morgan fingerprint density at radius 3 is 2.53 bits per heavy atom. The summed E-state index contributed by atoms with van der Waals surface area (Å²) >= 11 is 0. The third-order valence-electron chi connectivity index (χ3n) is 5.04. The monoisotopic (exact) mass is 452 g/mol. The number of benzene rings is 1. The van der Waals surface area contributed by atoms with Crippen molar-refractivity contribution in [2.45, 2.75) is 46.2 Å². The molecule has 6 nitrogen and oxygen atoms in total. The fraction of sp³-hybridized carbons (Fsp3) is 0.409. The number of carbonyl (C=O) groups excluding carboxylic acids is 1. The van der Waals surface area contributed by atoms with Crippen molar-refractivity contribution in [2.75, 3.05) is 13.6 Å². The third kappa shape index (κ3) is 5.12. The Bertz CT molecular complexity index is 955. The zero-order chi connectivity index (χ0) is 20.6. The summed E-state index contributed by atoms with van der Waals surface area (Å²) in [4.78, 5) is 19.2. The lowest BCUT2D eigenvalue weighted by atomic mass is 9.83. The largest absolute Gasteiger partial charge is 0.507 e. The van der Waals surface area contributed by atoms with Crippen molar-refractivity contribution in [2.24, 2.45) is 0 Å². The van der Waals surface area contributed by atoms with Crippen LogP contribution >= 0.6 is 24.8 Å². The highest BCUT2D eigenvalue weighted by molar-refractivity contribution is 6.04. The summed E-state index contributed by atoms with van der Waals surface area (Å²) in [5.74, 6) is 0.453. The average molecular weight is 453 g/mol. The highest BCUT2D eigenvalue weighted by Gasteiger charge is 2.29. The number of aromatic hydroxyl groups is 1. The van der Waals surface area contributed by atoms with E-state index in [4.69, 9.17) is 5.41 Å². The van der Waals surface area contributed by atoms with Gasteiger partial charge in [-0.15, -0.1) is 24.8 Å². The van der Waals surface area contributed by atoms with Crippen molar-refractivity contribution in [1.29, 1.82) is 5.41 Å². The van der Waals surface area contributed by atoms with Crippen LogP contribution in [0, 0.1) is 12.3 Å². The van der Waals surface area contributed by atoms with Gasteiger partial charge >= 0.3 is 0 Å². The summed E-state index contributed by atoms with van der Waals surface area (Å²) in [6.45, 7) is 9.04. The van der Waals surface area contributed by atoms with Gasteiger partial charge in [-0.1, -0.05) is 26.8 Å². The molecule has 0 spiro atoms. The van der Waals surface area contributed by atoms with E-state index >= 15 is 0 Å². The quantitative estimate of drug-likeness (QED) is 0.596. The van der Waals surface area contributed by atoms with Gasteiger partial charge in [0, 0.05) is 41.0 Å². The number of phenols is 1. The van der Waals surface area contributed by atoms with Gasteiger partial charge in [-0.3, -0.25) is 10.2 Å². The highest BCUT2D eigenvalue weighted by atomic mass is 35.5. The summed E-state index contributed by atoms with van der Waals surface area (Å²) in [7, 11) is 1.81. The van der Waals surface area contributed by atoms with Crippen LogP contribution in [-0.4, -0.2) is 40.2 Å². The fourth-order valence-corrected chi connectivity index (χ4v) is 3.50. The minimum absolute atomic E-state index is 0. The van der Waals surface area contributed by atoms with Gasteiger partial charge in [-0.2, -0.15) is 0 Å². The topological polar surface area (TPSA) is 89.3 Å². The molecule has 8 heteroatoms. The van der Waals surface area contributed by atoms with Crippen LogP contribution in [0.3, 0.4) is 0 Å². The summed E-state index contributed by atoms with van der Waals surface area (Å²) in [6, 6.07) is 7.43. The molecule has 3 rings (SSSR count). The Kier molecular flexibility index (Phi) is 8.43. The second-order valence-corrected chi connectivity index (χ2v) is 8.40. The molecule has 0 saturated heterocycles. The van der Waals surface area contributed by atoms with E-state index in [1.54, 1.807) is 17.0 Å². The number of aryl methyl sites for hydroxylation is 1. The number of rotatable bonds is 5. The Morgan fingerprint density at radius 1 is 1.27 bits per heavy atom. The van der Waals surface area contributed by atoms with Crippen molar-refractivity contribution >= 4 is 36.4 Å². The van der Waals surface area contributed by atoms with E-state index in [-0.39, 0.29) is 54.1 Å². The minimum atomic E-state index is -0.291. The SMILES string of the molecule is CNCc1cc(C(=O)CN2Cc3ccc(C)nc3C2=N)cc(C(C)(C)C)c1O.Cl.Cl. The number of pyridine rings is 1. The summed E-state index contributed by atoms with van der Waals surface area (Å²) in [5, 5.41) is 22.1. The molecule has 0 amide bonds. The minimum Gasteiger partial charge on any atom is -0.507 e. The van der Waals surface area contributed by atoms with Crippen LogP contribution < -0.4 is 5.32 Å². The molecule has 2 heterocycles. The molecular formula is C22H30Cl2N4O2. The molecule has 3 N–H and O–H groups in total. The van der Waals surface area contributed by atoms with Crippen LogP contribution in [-0.2, 0) is 18.5 Å². The lowest BCUT2D eigenvalue weighted by molar-refractivity contribution is 0.0962. The van der Waals surface area contributed by atoms with E-state index < -0.39 is 0 Å². The lowest BCUT2D eigenvalue weighted by Crippen LogP contribution is -2.30. The molecule has 1 aromatic carbocycles. The average Bonchev–Trinajstić information content (AvgIpc) is 2.91. The van der Waals surface area contributed by atoms with Gasteiger partial charge in [0.25, 0.3) is 0 Å². The van der Waals surface area contributed by atoms with Crippen LogP contribution in [0.4, 0.5) is 0 Å². The zero-order valence-electron chi connectivity index (χ0n) is 18.0. The summed E-state index contributed by atoms with van der Waals surface area (Å²) in [5.41, 5.74) is 4.21. The first-order chi connectivity index (χ1) is 13.1. The first-order valence-electron chi connectivity index (χ1n) is 9.46. The molecule has 0 atom stereocenters. The Balaban J connectivity index is 0.00000225. The van der Waals surface area contributed by atoms with Gasteiger partial charge in [-0.05, 0) is 37.6 Å². The van der Waals surface area contributed by atoms with Crippen LogP contribution in [0.25, 0.3) is 0 Å². The molecule has 0 bridgehead atoms.